The largest absolute Gasteiger partial charge is 0.508 e. The van der Waals surface area contributed by atoms with E-state index < -0.39 is 5.60 Å². The monoisotopic (exact) mass is 434 g/mol. The van der Waals surface area contributed by atoms with Gasteiger partial charge in [0, 0.05) is 56.1 Å². The van der Waals surface area contributed by atoms with Gasteiger partial charge in [-0.15, -0.1) is 0 Å². The van der Waals surface area contributed by atoms with Crippen LogP contribution in [0.15, 0.2) is 36.8 Å². The topological polar surface area (TPSA) is 72.7 Å². The lowest BCUT2D eigenvalue weighted by Crippen LogP contribution is -2.71. The zero-order valence-corrected chi connectivity index (χ0v) is 18.8. The van der Waals surface area contributed by atoms with Gasteiger partial charge in [0.25, 0.3) is 0 Å². The summed E-state index contributed by atoms with van der Waals surface area (Å²) in [7, 11) is 0. The zero-order chi connectivity index (χ0) is 21.8. The zero-order valence-electron chi connectivity index (χ0n) is 18.8. The van der Waals surface area contributed by atoms with E-state index in [-0.39, 0.29) is 11.5 Å². The third kappa shape index (κ3) is 3.35. The molecule has 0 radical (unpaired) electrons. The number of fused-ring (bicyclic) bond motifs is 1. The van der Waals surface area contributed by atoms with E-state index in [1.807, 2.05) is 18.3 Å². The van der Waals surface area contributed by atoms with E-state index in [9.17, 15) is 10.2 Å². The number of piperidine rings is 1. The lowest BCUT2D eigenvalue weighted by molar-refractivity contribution is -0.149. The first-order valence-electron chi connectivity index (χ1n) is 12.3. The van der Waals surface area contributed by atoms with Gasteiger partial charge in [0.1, 0.15) is 5.75 Å². The number of aromatic hydroxyl groups is 1. The van der Waals surface area contributed by atoms with E-state index in [1.165, 1.54) is 24.0 Å². The Kier molecular flexibility index (Phi) is 5.01. The highest BCUT2D eigenvalue weighted by Crippen LogP contribution is 2.56. The fourth-order valence-electron chi connectivity index (χ4n) is 6.87. The molecule has 0 spiro atoms. The van der Waals surface area contributed by atoms with E-state index in [0.717, 1.165) is 76.4 Å². The smallest absolute Gasteiger partial charge is 0.115 e. The number of phenolic OH excluding ortho intramolecular Hbond substituents is 1. The second-order valence-corrected chi connectivity index (χ2v) is 10.5. The first-order chi connectivity index (χ1) is 15.6. The van der Waals surface area contributed by atoms with E-state index in [1.54, 1.807) is 12.4 Å². The molecule has 1 unspecified atom stereocenters. The number of nitrogens with zero attached hydrogens (tertiary/aromatic N) is 4. The number of aliphatic hydroxyl groups is 1. The summed E-state index contributed by atoms with van der Waals surface area (Å²) < 4.78 is 0. The maximum Gasteiger partial charge on any atom is 0.115 e. The lowest BCUT2D eigenvalue weighted by Gasteiger charge is -2.61. The summed E-state index contributed by atoms with van der Waals surface area (Å²) in [6, 6.07) is 6.07. The number of hydrogen-bond acceptors (Lipinski definition) is 6. The molecule has 2 N–H and O–H groups in total. The molecule has 2 aromatic rings. The van der Waals surface area contributed by atoms with E-state index >= 15 is 0 Å². The number of aromatic nitrogens is 2. The standard InChI is InChI=1S/C26H34N4O2/c31-22-4-3-20-15-24-26(32)8-13-29(11-5-21-17-27-9-10-28-21)12-6-25(26,23(20)16-22)7-14-30(24)18-19-1-2-19/h3-4,9-10,16-17,19,24,31-32H,1-2,5-8,11-15,18H2/t24?,25-,26+/m0/s1. The van der Waals surface area contributed by atoms with Gasteiger partial charge in [0.15, 0.2) is 0 Å². The predicted molar refractivity (Wildman–Crippen MR) is 123 cm³/mol. The minimum atomic E-state index is -0.748. The number of likely N-dealkylation sites (tertiary alicyclic amines) is 2. The van der Waals surface area contributed by atoms with Crippen molar-refractivity contribution in [2.75, 3.05) is 32.7 Å². The minimum Gasteiger partial charge on any atom is -0.508 e. The van der Waals surface area contributed by atoms with Crippen LogP contribution in [0.25, 0.3) is 0 Å². The van der Waals surface area contributed by atoms with Gasteiger partial charge in [-0.2, -0.15) is 0 Å². The van der Waals surface area contributed by atoms with Crippen LogP contribution in [0, 0.1) is 5.92 Å². The van der Waals surface area contributed by atoms with Crippen LogP contribution in [0.5, 0.6) is 5.75 Å². The molecule has 6 heteroatoms. The summed E-state index contributed by atoms with van der Waals surface area (Å²) >= 11 is 0. The molecular weight excluding hydrogens is 400 g/mol. The summed E-state index contributed by atoms with van der Waals surface area (Å²) in [5.41, 5.74) is 2.54. The molecule has 2 aliphatic carbocycles. The van der Waals surface area contributed by atoms with Crippen molar-refractivity contribution in [1.29, 1.82) is 0 Å². The van der Waals surface area contributed by atoms with Crippen molar-refractivity contribution in [3.8, 4) is 5.75 Å². The Bertz CT molecular complexity index is 981. The lowest BCUT2D eigenvalue weighted by atomic mass is 9.52. The molecule has 1 saturated carbocycles. The maximum atomic E-state index is 12.5. The van der Waals surface area contributed by atoms with Gasteiger partial charge in [0.05, 0.1) is 11.3 Å². The Balaban J connectivity index is 1.31. The van der Waals surface area contributed by atoms with Crippen LogP contribution in [-0.2, 0) is 18.3 Å². The minimum absolute atomic E-state index is 0.175. The Morgan fingerprint density at radius 3 is 2.72 bits per heavy atom. The summed E-state index contributed by atoms with van der Waals surface area (Å²) in [6.45, 7) is 4.99. The molecule has 6 rings (SSSR count). The highest BCUT2D eigenvalue weighted by molar-refractivity contribution is 5.48. The molecule has 3 heterocycles. The van der Waals surface area contributed by atoms with Crippen molar-refractivity contribution >= 4 is 0 Å². The Morgan fingerprint density at radius 1 is 1.06 bits per heavy atom. The van der Waals surface area contributed by atoms with Crippen molar-refractivity contribution in [3.05, 3.63) is 53.6 Å². The Morgan fingerprint density at radius 2 is 1.91 bits per heavy atom. The molecule has 2 saturated heterocycles. The third-order valence-corrected chi connectivity index (χ3v) is 8.82. The second-order valence-electron chi connectivity index (χ2n) is 10.5. The van der Waals surface area contributed by atoms with Crippen molar-refractivity contribution < 1.29 is 10.2 Å². The molecule has 170 valence electrons. The molecule has 32 heavy (non-hydrogen) atoms. The van der Waals surface area contributed by atoms with Crippen molar-refractivity contribution in [2.45, 2.75) is 62.0 Å². The van der Waals surface area contributed by atoms with Crippen LogP contribution in [0.3, 0.4) is 0 Å². The summed E-state index contributed by atoms with van der Waals surface area (Å²) in [4.78, 5) is 13.7. The Labute approximate surface area is 190 Å². The van der Waals surface area contributed by atoms with Crippen LogP contribution in [-0.4, -0.2) is 74.3 Å². The average molecular weight is 435 g/mol. The van der Waals surface area contributed by atoms with Crippen molar-refractivity contribution in [2.24, 2.45) is 5.92 Å². The van der Waals surface area contributed by atoms with Crippen LogP contribution < -0.4 is 0 Å². The van der Waals surface area contributed by atoms with Crippen LogP contribution in [0.1, 0.15) is 48.9 Å². The van der Waals surface area contributed by atoms with E-state index in [2.05, 4.69) is 25.8 Å². The highest BCUT2D eigenvalue weighted by atomic mass is 16.3. The molecule has 0 amide bonds. The fraction of sp³-hybridized carbons (Fsp3) is 0.615. The number of benzene rings is 1. The molecule has 2 bridgehead atoms. The normalized spacial score (nSPS) is 32.7. The van der Waals surface area contributed by atoms with Crippen molar-refractivity contribution in [1.82, 2.24) is 19.8 Å². The first kappa shape index (κ1) is 20.6. The van der Waals surface area contributed by atoms with Crippen LogP contribution >= 0.6 is 0 Å². The van der Waals surface area contributed by atoms with E-state index in [4.69, 9.17) is 0 Å². The summed E-state index contributed by atoms with van der Waals surface area (Å²) in [5, 5.41) is 22.9. The van der Waals surface area contributed by atoms with Crippen LogP contribution in [0.2, 0.25) is 0 Å². The predicted octanol–water partition coefficient (Wildman–Crippen LogP) is 2.53. The van der Waals surface area contributed by atoms with Gasteiger partial charge in [-0.1, -0.05) is 6.07 Å². The second kappa shape index (κ2) is 7.79. The summed E-state index contributed by atoms with van der Waals surface area (Å²) in [6.07, 6.45) is 12.5. The summed E-state index contributed by atoms with van der Waals surface area (Å²) in [5.74, 6) is 1.14. The third-order valence-electron chi connectivity index (χ3n) is 8.82. The number of rotatable bonds is 5. The molecule has 1 aromatic carbocycles. The average Bonchev–Trinajstić information content (AvgIpc) is 3.63. The van der Waals surface area contributed by atoms with Gasteiger partial charge in [0.2, 0.25) is 0 Å². The van der Waals surface area contributed by atoms with Gasteiger partial charge in [-0.25, -0.2) is 0 Å². The molecule has 6 nitrogen and oxygen atoms in total. The number of phenols is 1. The van der Waals surface area contributed by atoms with Crippen LogP contribution in [0.4, 0.5) is 0 Å². The quantitative estimate of drug-likeness (QED) is 0.754. The first-order valence-corrected chi connectivity index (χ1v) is 12.3. The van der Waals surface area contributed by atoms with Gasteiger partial charge in [-0.3, -0.25) is 14.9 Å². The maximum absolute atomic E-state index is 12.5. The molecule has 1 aromatic heterocycles. The molecule has 3 fully saturated rings. The SMILES string of the molecule is Oc1ccc2c(c1)[C@@]13CCN(CCc4cnccn4)CC[C@@]1(O)C(C2)N(CC1CC1)CC3. The molecule has 2 aliphatic heterocycles. The Hall–Kier alpha value is -2.02. The fourth-order valence-corrected chi connectivity index (χ4v) is 6.87. The molecule has 3 atom stereocenters. The number of hydrogen-bond donors (Lipinski definition) is 2. The molecule has 4 aliphatic rings. The van der Waals surface area contributed by atoms with Gasteiger partial charge in [-0.05, 0) is 80.8 Å². The van der Waals surface area contributed by atoms with Crippen molar-refractivity contribution in [3.63, 3.8) is 0 Å². The molecular formula is C26H34N4O2. The van der Waals surface area contributed by atoms with E-state index in [0.29, 0.717) is 5.75 Å². The van der Waals surface area contributed by atoms with Gasteiger partial charge >= 0.3 is 0 Å². The highest BCUT2D eigenvalue weighted by Gasteiger charge is 2.63. The van der Waals surface area contributed by atoms with Gasteiger partial charge < -0.3 is 15.1 Å².